The number of hydrogen-bond donors (Lipinski definition) is 3. The van der Waals surface area contributed by atoms with Gasteiger partial charge in [0.05, 0.1) is 26.4 Å². The Bertz CT molecular complexity index is 1870. The first-order chi connectivity index (χ1) is 46.3. The van der Waals surface area contributed by atoms with Crippen LogP contribution in [0.15, 0.2) is 0 Å². The van der Waals surface area contributed by atoms with E-state index in [4.69, 9.17) is 37.0 Å². The molecule has 0 bridgehead atoms. The first-order valence-electron chi connectivity index (χ1n) is 39.9. The third-order valence-electron chi connectivity index (χ3n) is 18.2. The number of phosphoric ester groups is 2. The maximum atomic E-state index is 13.1. The van der Waals surface area contributed by atoms with Gasteiger partial charge in [-0.2, -0.15) is 0 Å². The van der Waals surface area contributed by atoms with Crippen molar-refractivity contribution in [2.45, 2.75) is 414 Å². The monoisotopic (exact) mass is 1410 g/mol. The van der Waals surface area contributed by atoms with Gasteiger partial charge < -0.3 is 33.8 Å². The molecule has 0 radical (unpaired) electrons. The number of ether oxygens (including phenoxy) is 4. The van der Waals surface area contributed by atoms with Crippen LogP contribution in [0.2, 0.25) is 0 Å². The van der Waals surface area contributed by atoms with Gasteiger partial charge in [0.1, 0.15) is 19.3 Å². The smallest absolute Gasteiger partial charge is 0.462 e. The van der Waals surface area contributed by atoms with Gasteiger partial charge in [0, 0.05) is 25.7 Å². The second-order valence-corrected chi connectivity index (χ2v) is 31.8. The normalized spacial score (nSPS) is 14.3. The SMILES string of the molecule is CCCCCCCCCCCCCCCCCCCCCCC(=O)O[C@H](COC(=O)CCCCCCCCCCCCCCCC(C)C)COP(=O)(O)OC[C@@H](O)COP(=O)(O)OC[C@@H](COC(=O)CCCCCCCCC(C)CC)OC(=O)CCCCCCCCCC(C)C. The highest BCUT2D eigenvalue weighted by Crippen LogP contribution is 2.45. The van der Waals surface area contributed by atoms with Crippen molar-refractivity contribution < 1.29 is 80.2 Å². The molecule has 6 atom stereocenters. The number of carbonyl (C=O) groups excluding carboxylic acids is 4. The molecular formula is C77H150O17P2. The number of phosphoric acid groups is 2. The fraction of sp³-hybridized carbons (Fsp3) is 0.948. The highest BCUT2D eigenvalue weighted by atomic mass is 31.2. The molecule has 0 aliphatic heterocycles. The third kappa shape index (κ3) is 69.2. The Morgan fingerprint density at radius 3 is 0.792 bits per heavy atom. The van der Waals surface area contributed by atoms with Gasteiger partial charge in [0.2, 0.25) is 0 Å². The van der Waals surface area contributed by atoms with Gasteiger partial charge in [-0.05, 0) is 43.4 Å². The van der Waals surface area contributed by atoms with Gasteiger partial charge in [0.25, 0.3) is 0 Å². The molecule has 19 heteroatoms. The number of aliphatic hydroxyl groups excluding tert-OH is 1. The second-order valence-electron chi connectivity index (χ2n) is 28.9. The summed E-state index contributed by atoms with van der Waals surface area (Å²) in [5.41, 5.74) is 0. The van der Waals surface area contributed by atoms with Crippen LogP contribution < -0.4 is 0 Å². The van der Waals surface area contributed by atoms with Crippen LogP contribution in [0.5, 0.6) is 0 Å². The lowest BCUT2D eigenvalue weighted by Gasteiger charge is -2.21. The minimum Gasteiger partial charge on any atom is -0.462 e. The molecule has 17 nitrogen and oxygen atoms in total. The quantitative estimate of drug-likeness (QED) is 0.0222. The Labute approximate surface area is 588 Å². The summed E-state index contributed by atoms with van der Waals surface area (Å²) in [5, 5.41) is 10.6. The molecule has 0 aromatic heterocycles. The lowest BCUT2D eigenvalue weighted by Crippen LogP contribution is -2.30. The summed E-state index contributed by atoms with van der Waals surface area (Å²) < 4.78 is 68.5. The van der Waals surface area contributed by atoms with Crippen LogP contribution in [-0.4, -0.2) is 96.7 Å². The summed E-state index contributed by atoms with van der Waals surface area (Å²) in [5.74, 6) is 0.0966. The lowest BCUT2D eigenvalue weighted by atomic mass is 10.00. The van der Waals surface area contributed by atoms with Gasteiger partial charge in [0.15, 0.2) is 12.2 Å². The highest BCUT2D eigenvalue weighted by molar-refractivity contribution is 7.47. The predicted octanol–water partition coefficient (Wildman–Crippen LogP) is 22.6. The number of hydrogen-bond acceptors (Lipinski definition) is 15. The molecule has 0 amide bonds. The van der Waals surface area contributed by atoms with Crippen molar-refractivity contribution in [2.24, 2.45) is 17.8 Å². The Morgan fingerprint density at radius 2 is 0.531 bits per heavy atom. The molecule has 0 aliphatic rings. The number of unbranched alkanes of at least 4 members (excludes halogenated alkanes) is 42. The second kappa shape index (κ2) is 67.5. The van der Waals surface area contributed by atoms with E-state index in [-0.39, 0.29) is 25.7 Å². The van der Waals surface area contributed by atoms with Gasteiger partial charge >= 0.3 is 39.5 Å². The summed E-state index contributed by atoms with van der Waals surface area (Å²) >= 11 is 0. The Balaban J connectivity index is 5.21. The summed E-state index contributed by atoms with van der Waals surface area (Å²) in [6.07, 6.45) is 54.4. The van der Waals surface area contributed by atoms with Crippen molar-refractivity contribution in [1.82, 2.24) is 0 Å². The average molecular weight is 1410 g/mol. The summed E-state index contributed by atoms with van der Waals surface area (Å²) in [7, 11) is -9.91. The van der Waals surface area contributed by atoms with Crippen LogP contribution in [0.25, 0.3) is 0 Å². The number of esters is 4. The number of rotatable bonds is 75. The molecule has 0 rings (SSSR count). The van der Waals surface area contributed by atoms with E-state index in [1.165, 1.54) is 199 Å². The minimum atomic E-state index is -4.96. The fourth-order valence-electron chi connectivity index (χ4n) is 11.7. The van der Waals surface area contributed by atoms with Gasteiger partial charge in [-0.1, -0.05) is 344 Å². The first kappa shape index (κ1) is 94.1. The molecule has 0 spiro atoms. The first-order valence-corrected chi connectivity index (χ1v) is 42.9. The molecule has 0 fully saturated rings. The Morgan fingerprint density at radius 1 is 0.302 bits per heavy atom. The standard InChI is InChI=1S/C77H150O17P2/c1-8-10-11-12-13-14-15-16-17-18-19-20-21-22-25-29-32-37-46-53-60-76(81)93-72(64-87-74(79)58-51-44-36-31-28-26-23-24-27-30-34-41-48-55-68(3)4)66-91-95(83,84)89-62-71(78)63-90-96(85,86)92-67-73(94-77(82)61-54-47-38-33-35-42-49-56-69(5)6)65-88-75(80)59-52-45-40-39-43-50-57-70(7)9-2/h68-73,78H,8-67H2,1-7H3,(H,83,84)(H,85,86)/t70?,71-,72-,73-/m1/s1. The molecule has 3 unspecified atom stereocenters. The molecule has 0 aromatic rings. The van der Waals surface area contributed by atoms with Crippen molar-refractivity contribution in [3.05, 3.63) is 0 Å². The van der Waals surface area contributed by atoms with Crippen LogP contribution in [0.4, 0.5) is 0 Å². The summed E-state index contributed by atoms with van der Waals surface area (Å²) in [6.45, 7) is 11.8. The molecule has 96 heavy (non-hydrogen) atoms. The Hall–Kier alpha value is -1.94. The number of carbonyl (C=O) groups is 4. The maximum absolute atomic E-state index is 13.1. The molecule has 0 aromatic carbocycles. The Kier molecular flexibility index (Phi) is 66.2. The van der Waals surface area contributed by atoms with E-state index >= 15 is 0 Å². The topological polar surface area (TPSA) is 237 Å². The zero-order valence-corrected chi connectivity index (χ0v) is 64.6. The van der Waals surface area contributed by atoms with Crippen molar-refractivity contribution in [3.63, 3.8) is 0 Å². The number of aliphatic hydroxyl groups is 1. The van der Waals surface area contributed by atoms with E-state index in [2.05, 4.69) is 48.5 Å². The minimum absolute atomic E-state index is 0.103. The largest absolute Gasteiger partial charge is 0.472 e. The predicted molar refractivity (Wildman–Crippen MR) is 391 cm³/mol. The van der Waals surface area contributed by atoms with Crippen molar-refractivity contribution in [3.8, 4) is 0 Å². The third-order valence-corrected chi connectivity index (χ3v) is 20.1. The molecule has 0 saturated heterocycles. The molecule has 0 saturated carbocycles. The van der Waals surface area contributed by atoms with E-state index in [1.807, 2.05) is 0 Å². The highest BCUT2D eigenvalue weighted by Gasteiger charge is 2.30. The van der Waals surface area contributed by atoms with Crippen LogP contribution in [0.3, 0.4) is 0 Å². The molecular weight excluding hydrogens is 1260 g/mol. The fourth-order valence-corrected chi connectivity index (χ4v) is 13.3. The molecule has 3 N–H and O–H groups in total. The van der Waals surface area contributed by atoms with Gasteiger partial charge in [-0.25, -0.2) is 9.13 Å². The average Bonchev–Trinajstić information content (AvgIpc) is 1.60. The zero-order valence-electron chi connectivity index (χ0n) is 62.8. The van der Waals surface area contributed by atoms with E-state index in [0.717, 1.165) is 108 Å². The van der Waals surface area contributed by atoms with E-state index in [1.54, 1.807) is 0 Å². The molecule has 0 heterocycles. The molecule has 570 valence electrons. The van der Waals surface area contributed by atoms with Crippen LogP contribution in [0.1, 0.15) is 395 Å². The van der Waals surface area contributed by atoms with Crippen LogP contribution in [-0.2, 0) is 65.4 Å². The van der Waals surface area contributed by atoms with Crippen molar-refractivity contribution in [2.75, 3.05) is 39.6 Å². The maximum Gasteiger partial charge on any atom is 0.472 e. The summed E-state index contributed by atoms with van der Waals surface area (Å²) in [6, 6.07) is 0. The van der Waals surface area contributed by atoms with E-state index in [0.29, 0.717) is 31.6 Å². The van der Waals surface area contributed by atoms with Gasteiger partial charge in [-0.15, -0.1) is 0 Å². The summed E-state index contributed by atoms with van der Waals surface area (Å²) in [4.78, 5) is 72.8. The lowest BCUT2D eigenvalue weighted by molar-refractivity contribution is -0.161. The molecule has 0 aliphatic carbocycles. The van der Waals surface area contributed by atoms with Crippen molar-refractivity contribution >= 4 is 39.5 Å². The van der Waals surface area contributed by atoms with E-state index < -0.39 is 97.5 Å². The van der Waals surface area contributed by atoms with Crippen LogP contribution >= 0.6 is 15.6 Å². The van der Waals surface area contributed by atoms with Gasteiger partial charge in [-0.3, -0.25) is 37.3 Å². The van der Waals surface area contributed by atoms with E-state index in [9.17, 15) is 43.2 Å². The zero-order chi connectivity index (χ0) is 70.9. The van der Waals surface area contributed by atoms with Crippen molar-refractivity contribution in [1.29, 1.82) is 0 Å². The van der Waals surface area contributed by atoms with Crippen LogP contribution in [0, 0.1) is 17.8 Å².